The summed E-state index contributed by atoms with van der Waals surface area (Å²) in [6.45, 7) is 3.47. The molecule has 0 aromatic heterocycles. The molecular weight excluding hydrogens is 394 g/mol. The van der Waals surface area contributed by atoms with Gasteiger partial charge in [-0.3, -0.25) is 9.59 Å². The molecule has 2 atom stereocenters. The van der Waals surface area contributed by atoms with Crippen molar-refractivity contribution in [2.75, 3.05) is 6.61 Å². The van der Waals surface area contributed by atoms with E-state index in [1.54, 1.807) is 0 Å². The largest absolute Gasteiger partial charge is 0.460 e. The molecule has 1 N–H and O–H groups in total. The van der Waals surface area contributed by atoms with Crippen LogP contribution < -0.4 is 5.32 Å². The third kappa shape index (κ3) is 5.64. The van der Waals surface area contributed by atoms with E-state index >= 15 is 0 Å². The molecule has 0 radical (unpaired) electrons. The number of nitrogens with one attached hydrogen (secondary N) is 1. The van der Waals surface area contributed by atoms with Gasteiger partial charge in [0, 0.05) is 31.0 Å². The van der Waals surface area contributed by atoms with Gasteiger partial charge in [-0.1, -0.05) is 37.6 Å². The smallest absolute Gasteiger partial charge is 0.328 e. The van der Waals surface area contributed by atoms with Gasteiger partial charge in [0.1, 0.15) is 12.6 Å². The molecule has 1 aliphatic carbocycles. The van der Waals surface area contributed by atoms with Crippen molar-refractivity contribution in [2.45, 2.75) is 57.2 Å². The molecule has 1 aromatic carbocycles. The lowest BCUT2D eigenvalue weighted by Gasteiger charge is -2.26. The number of nitrogens with zero attached hydrogens (tertiary/aromatic N) is 1. The maximum absolute atomic E-state index is 14.0. The van der Waals surface area contributed by atoms with E-state index in [4.69, 9.17) is 4.74 Å². The molecule has 0 spiro atoms. The van der Waals surface area contributed by atoms with E-state index in [0.29, 0.717) is 18.8 Å². The van der Waals surface area contributed by atoms with Crippen LogP contribution in [0.2, 0.25) is 0 Å². The summed E-state index contributed by atoms with van der Waals surface area (Å²) in [5.41, 5.74) is 0.0651. The van der Waals surface area contributed by atoms with Gasteiger partial charge < -0.3 is 15.0 Å². The molecule has 0 bridgehead atoms. The third-order valence-electron chi connectivity index (χ3n) is 5.47. The summed E-state index contributed by atoms with van der Waals surface area (Å²) >= 11 is 0. The summed E-state index contributed by atoms with van der Waals surface area (Å²) in [6.07, 6.45) is 4.68. The van der Waals surface area contributed by atoms with E-state index in [9.17, 15) is 23.2 Å². The number of halogens is 2. The zero-order valence-electron chi connectivity index (χ0n) is 16.7. The lowest BCUT2D eigenvalue weighted by molar-refractivity contribution is -0.147. The SMILES string of the molecule is C=CCOC(=O)[C@H](CC1CC1)NC(=O)C[C@@H]1CCC(=O)N1Cc1cccc(F)c1F. The molecule has 1 saturated carbocycles. The Bertz CT molecular complexity index is 825. The van der Waals surface area contributed by atoms with Crippen molar-refractivity contribution in [2.24, 2.45) is 5.92 Å². The minimum Gasteiger partial charge on any atom is -0.460 e. The predicted octanol–water partition coefficient (Wildman–Crippen LogP) is 2.86. The van der Waals surface area contributed by atoms with E-state index in [0.717, 1.165) is 18.9 Å². The van der Waals surface area contributed by atoms with Crippen LogP contribution >= 0.6 is 0 Å². The molecular formula is C22H26F2N2O4. The Kier molecular flexibility index (Phi) is 7.18. The highest BCUT2D eigenvalue weighted by molar-refractivity contribution is 5.86. The number of carbonyl (C=O) groups is 3. The Morgan fingerprint density at radius 2 is 2.07 bits per heavy atom. The van der Waals surface area contributed by atoms with Gasteiger partial charge in [0.25, 0.3) is 0 Å². The minimum absolute atomic E-state index is 0.0153. The molecule has 8 heteroatoms. The van der Waals surface area contributed by atoms with Gasteiger partial charge in [-0.05, 0) is 24.8 Å². The van der Waals surface area contributed by atoms with Gasteiger partial charge in [0.2, 0.25) is 11.8 Å². The number of ether oxygens (including phenoxy) is 1. The molecule has 6 nitrogen and oxygen atoms in total. The highest BCUT2D eigenvalue weighted by Gasteiger charge is 2.35. The second-order valence-electron chi connectivity index (χ2n) is 7.85. The van der Waals surface area contributed by atoms with E-state index < -0.39 is 29.7 Å². The summed E-state index contributed by atoms with van der Waals surface area (Å²) in [4.78, 5) is 38.5. The molecule has 2 amide bonds. The Hall–Kier alpha value is -2.77. The number of hydrogen-bond donors (Lipinski definition) is 1. The molecule has 30 heavy (non-hydrogen) atoms. The Labute approximate surface area is 174 Å². The van der Waals surface area contributed by atoms with Gasteiger partial charge in [0.05, 0.1) is 0 Å². The highest BCUT2D eigenvalue weighted by atomic mass is 19.2. The molecule has 0 unspecified atom stereocenters. The van der Waals surface area contributed by atoms with Crippen LogP contribution in [0, 0.1) is 17.6 Å². The number of benzene rings is 1. The van der Waals surface area contributed by atoms with Crippen LogP contribution in [0.15, 0.2) is 30.9 Å². The average Bonchev–Trinajstić information content (AvgIpc) is 3.47. The molecule has 2 fully saturated rings. The summed E-state index contributed by atoms with van der Waals surface area (Å²) in [5, 5.41) is 2.72. The standard InChI is InChI=1S/C22H26F2N2O4/c1-2-10-30-22(29)18(11-14-6-7-14)25-19(27)12-16-8-9-20(28)26(16)13-15-4-3-5-17(23)21(15)24/h2-5,14,16,18H,1,6-13H2,(H,25,27)/t16-,18-/m0/s1. The van der Waals surface area contributed by atoms with Crippen molar-refractivity contribution in [3.8, 4) is 0 Å². The minimum atomic E-state index is -0.991. The number of rotatable bonds is 10. The summed E-state index contributed by atoms with van der Waals surface area (Å²) in [5.74, 6) is -2.66. The Balaban J connectivity index is 1.61. The first-order valence-electron chi connectivity index (χ1n) is 10.2. The number of esters is 1. The monoisotopic (exact) mass is 420 g/mol. The molecule has 1 saturated heterocycles. The van der Waals surface area contributed by atoms with E-state index in [-0.39, 0.29) is 43.4 Å². The zero-order chi connectivity index (χ0) is 21.7. The zero-order valence-corrected chi connectivity index (χ0v) is 16.7. The second-order valence-corrected chi connectivity index (χ2v) is 7.85. The quantitative estimate of drug-likeness (QED) is 0.467. The average molecular weight is 420 g/mol. The molecule has 1 heterocycles. The van der Waals surface area contributed by atoms with Crippen LogP contribution in [0.25, 0.3) is 0 Å². The fourth-order valence-electron chi connectivity index (χ4n) is 3.69. The molecule has 2 aliphatic rings. The fraction of sp³-hybridized carbons (Fsp3) is 0.500. The normalized spacial score (nSPS) is 19.5. The maximum Gasteiger partial charge on any atom is 0.328 e. The van der Waals surface area contributed by atoms with Crippen LogP contribution in [0.1, 0.15) is 44.1 Å². The first kappa shape index (κ1) is 21.9. The molecule has 1 aromatic rings. The van der Waals surface area contributed by atoms with Gasteiger partial charge in [0.15, 0.2) is 11.6 Å². The summed E-state index contributed by atoms with van der Waals surface area (Å²) in [6, 6.07) is 2.64. The van der Waals surface area contributed by atoms with E-state index in [1.807, 2.05) is 0 Å². The second kappa shape index (κ2) is 9.82. The fourth-order valence-corrected chi connectivity index (χ4v) is 3.69. The number of carbonyl (C=O) groups excluding carboxylic acids is 3. The van der Waals surface area contributed by atoms with Crippen molar-refractivity contribution < 1.29 is 27.9 Å². The van der Waals surface area contributed by atoms with Gasteiger partial charge in [-0.25, -0.2) is 13.6 Å². The van der Waals surface area contributed by atoms with Crippen LogP contribution in [0.4, 0.5) is 8.78 Å². The highest BCUT2D eigenvalue weighted by Crippen LogP contribution is 2.34. The Morgan fingerprint density at radius 1 is 1.30 bits per heavy atom. The van der Waals surface area contributed by atoms with Gasteiger partial charge in [-0.15, -0.1) is 0 Å². The topological polar surface area (TPSA) is 75.7 Å². The maximum atomic E-state index is 14.0. The van der Waals surface area contributed by atoms with Crippen LogP contribution in [-0.2, 0) is 25.7 Å². The molecule has 162 valence electrons. The molecule has 1 aliphatic heterocycles. The van der Waals surface area contributed by atoms with Crippen molar-refractivity contribution >= 4 is 17.8 Å². The lowest BCUT2D eigenvalue weighted by Crippen LogP contribution is -2.44. The Morgan fingerprint density at radius 3 is 2.77 bits per heavy atom. The first-order chi connectivity index (χ1) is 14.4. The van der Waals surface area contributed by atoms with Crippen molar-refractivity contribution in [3.63, 3.8) is 0 Å². The number of hydrogen-bond acceptors (Lipinski definition) is 4. The van der Waals surface area contributed by atoms with E-state index in [2.05, 4.69) is 11.9 Å². The van der Waals surface area contributed by atoms with Crippen molar-refractivity contribution in [3.05, 3.63) is 48.1 Å². The van der Waals surface area contributed by atoms with Crippen molar-refractivity contribution in [1.29, 1.82) is 0 Å². The predicted molar refractivity (Wildman–Crippen MR) is 105 cm³/mol. The number of likely N-dealkylation sites (tertiary alicyclic amines) is 1. The van der Waals surface area contributed by atoms with Gasteiger partial charge in [-0.2, -0.15) is 0 Å². The van der Waals surface area contributed by atoms with E-state index in [1.165, 1.54) is 23.1 Å². The van der Waals surface area contributed by atoms with Gasteiger partial charge >= 0.3 is 5.97 Å². The van der Waals surface area contributed by atoms with Crippen LogP contribution in [0.5, 0.6) is 0 Å². The lowest BCUT2D eigenvalue weighted by atomic mass is 10.1. The van der Waals surface area contributed by atoms with Crippen LogP contribution in [-0.4, -0.2) is 41.4 Å². The third-order valence-corrected chi connectivity index (χ3v) is 5.47. The van der Waals surface area contributed by atoms with Crippen molar-refractivity contribution in [1.82, 2.24) is 10.2 Å². The summed E-state index contributed by atoms with van der Waals surface area (Å²) in [7, 11) is 0. The first-order valence-corrected chi connectivity index (χ1v) is 10.2. The number of amides is 2. The van der Waals surface area contributed by atoms with Crippen LogP contribution in [0.3, 0.4) is 0 Å². The summed E-state index contributed by atoms with van der Waals surface area (Å²) < 4.78 is 32.6. The molecule has 3 rings (SSSR count).